The SMILES string of the molecule is COc1ccc(N2CCN(CCCNS(=O)(=O)c3ccc4c(c3)NC(=O)CO4)CC2)cc1. The Morgan fingerprint density at radius 2 is 1.84 bits per heavy atom. The zero-order chi connectivity index (χ0) is 22.6. The fraction of sp³-hybridized carbons (Fsp3) is 0.409. The maximum atomic E-state index is 12.6. The highest BCUT2D eigenvalue weighted by atomic mass is 32.2. The van der Waals surface area contributed by atoms with Gasteiger partial charge in [0.2, 0.25) is 10.0 Å². The molecule has 0 atom stereocenters. The molecule has 2 aromatic rings. The van der Waals surface area contributed by atoms with Gasteiger partial charge in [-0.3, -0.25) is 9.69 Å². The van der Waals surface area contributed by atoms with Crippen LogP contribution in [0.5, 0.6) is 11.5 Å². The first-order chi connectivity index (χ1) is 15.4. The molecule has 1 saturated heterocycles. The lowest BCUT2D eigenvalue weighted by atomic mass is 10.2. The van der Waals surface area contributed by atoms with Gasteiger partial charge >= 0.3 is 0 Å². The van der Waals surface area contributed by atoms with Crippen LogP contribution >= 0.6 is 0 Å². The molecule has 2 heterocycles. The number of sulfonamides is 1. The van der Waals surface area contributed by atoms with E-state index in [9.17, 15) is 13.2 Å². The van der Waals surface area contributed by atoms with Gasteiger partial charge in [0.15, 0.2) is 6.61 Å². The zero-order valence-corrected chi connectivity index (χ0v) is 18.9. The molecule has 1 amide bonds. The molecular weight excluding hydrogens is 432 g/mol. The lowest BCUT2D eigenvalue weighted by Gasteiger charge is -2.36. The van der Waals surface area contributed by atoms with E-state index in [0.717, 1.165) is 38.5 Å². The minimum atomic E-state index is -3.66. The van der Waals surface area contributed by atoms with Crippen LogP contribution in [0.3, 0.4) is 0 Å². The van der Waals surface area contributed by atoms with E-state index in [2.05, 4.69) is 32.0 Å². The van der Waals surface area contributed by atoms with Crippen LogP contribution in [-0.4, -0.2) is 72.2 Å². The summed E-state index contributed by atoms with van der Waals surface area (Å²) in [6.45, 7) is 4.84. The predicted octanol–water partition coefficient (Wildman–Crippen LogP) is 1.52. The molecule has 4 rings (SSSR count). The molecular formula is C22H28N4O5S. The van der Waals surface area contributed by atoms with E-state index >= 15 is 0 Å². The number of fused-ring (bicyclic) bond motifs is 1. The van der Waals surface area contributed by atoms with E-state index in [1.54, 1.807) is 13.2 Å². The summed E-state index contributed by atoms with van der Waals surface area (Å²) >= 11 is 0. The highest BCUT2D eigenvalue weighted by Crippen LogP contribution is 2.30. The number of anilines is 2. The Labute approximate surface area is 188 Å². The number of carbonyl (C=O) groups excluding carboxylic acids is 1. The third-order valence-corrected chi connectivity index (χ3v) is 7.11. The minimum absolute atomic E-state index is 0.0638. The minimum Gasteiger partial charge on any atom is -0.497 e. The topological polar surface area (TPSA) is 100 Å². The number of methoxy groups -OCH3 is 1. The maximum Gasteiger partial charge on any atom is 0.262 e. The first-order valence-electron chi connectivity index (χ1n) is 10.6. The van der Waals surface area contributed by atoms with Crippen LogP contribution < -0.4 is 24.4 Å². The zero-order valence-electron chi connectivity index (χ0n) is 18.0. The second-order valence-electron chi connectivity index (χ2n) is 7.77. The van der Waals surface area contributed by atoms with Gasteiger partial charge in [0, 0.05) is 38.4 Å². The summed E-state index contributed by atoms with van der Waals surface area (Å²) in [6, 6.07) is 12.5. The summed E-state index contributed by atoms with van der Waals surface area (Å²) in [6.07, 6.45) is 0.715. The van der Waals surface area contributed by atoms with Crippen molar-refractivity contribution in [1.82, 2.24) is 9.62 Å². The van der Waals surface area contributed by atoms with Crippen LogP contribution in [0.1, 0.15) is 6.42 Å². The largest absolute Gasteiger partial charge is 0.497 e. The van der Waals surface area contributed by atoms with Gasteiger partial charge in [-0.25, -0.2) is 13.1 Å². The Hall–Kier alpha value is -2.82. The Bertz CT molecular complexity index is 1050. The Morgan fingerprint density at radius 1 is 1.09 bits per heavy atom. The first-order valence-corrected chi connectivity index (χ1v) is 12.1. The van der Waals surface area contributed by atoms with Crippen molar-refractivity contribution in [3.05, 3.63) is 42.5 Å². The molecule has 2 aromatic carbocycles. The molecule has 32 heavy (non-hydrogen) atoms. The lowest BCUT2D eigenvalue weighted by Crippen LogP contribution is -2.47. The normalized spacial score (nSPS) is 16.8. The summed E-state index contributed by atoms with van der Waals surface area (Å²) in [5.74, 6) is 1.02. The van der Waals surface area contributed by atoms with Crippen LogP contribution in [0.4, 0.5) is 11.4 Å². The summed E-state index contributed by atoms with van der Waals surface area (Å²) in [7, 11) is -2.00. The fourth-order valence-electron chi connectivity index (χ4n) is 3.84. The predicted molar refractivity (Wildman–Crippen MR) is 122 cm³/mol. The third kappa shape index (κ3) is 5.32. The van der Waals surface area contributed by atoms with Crippen molar-refractivity contribution in [3.63, 3.8) is 0 Å². The number of benzene rings is 2. The number of hydrogen-bond donors (Lipinski definition) is 2. The number of rotatable bonds is 8. The molecule has 0 radical (unpaired) electrons. The Kier molecular flexibility index (Phi) is 6.83. The summed E-state index contributed by atoms with van der Waals surface area (Å²) in [4.78, 5) is 16.3. The van der Waals surface area contributed by atoms with Crippen molar-refractivity contribution in [2.45, 2.75) is 11.3 Å². The van der Waals surface area contributed by atoms with Gasteiger partial charge in [-0.05, 0) is 55.4 Å². The van der Waals surface area contributed by atoms with Gasteiger partial charge in [-0.1, -0.05) is 0 Å². The van der Waals surface area contributed by atoms with Crippen molar-refractivity contribution in [2.75, 3.05) is 63.2 Å². The summed E-state index contributed by atoms with van der Waals surface area (Å²) in [5.41, 5.74) is 1.56. The number of hydrogen-bond acceptors (Lipinski definition) is 7. The molecule has 2 aliphatic heterocycles. The van der Waals surface area contributed by atoms with Crippen molar-refractivity contribution < 1.29 is 22.7 Å². The Morgan fingerprint density at radius 3 is 2.56 bits per heavy atom. The summed E-state index contributed by atoms with van der Waals surface area (Å²) < 4.78 is 38.3. The third-order valence-electron chi connectivity index (χ3n) is 5.65. The second-order valence-corrected chi connectivity index (χ2v) is 9.54. The number of carbonyl (C=O) groups is 1. The van der Waals surface area contributed by atoms with Gasteiger partial charge in [-0.15, -0.1) is 0 Å². The lowest BCUT2D eigenvalue weighted by molar-refractivity contribution is -0.118. The smallest absolute Gasteiger partial charge is 0.262 e. The van der Waals surface area contributed by atoms with Crippen LogP contribution in [0.2, 0.25) is 0 Å². The Balaban J connectivity index is 1.21. The molecule has 0 aromatic heterocycles. The average Bonchev–Trinajstić information content (AvgIpc) is 2.82. The number of nitrogens with zero attached hydrogens (tertiary/aromatic N) is 2. The fourth-order valence-corrected chi connectivity index (χ4v) is 4.94. The molecule has 1 fully saturated rings. The molecule has 172 valence electrons. The van der Waals surface area contributed by atoms with Crippen LogP contribution in [0, 0.1) is 0 Å². The number of nitrogens with one attached hydrogen (secondary N) is 2. The molecule has 0 aliphatic carbocycles. The molecule has 9 nitrogen and oxygen atoms in total. The van der Waals surface area contributed by atoms with Crippen LogP contribution in [0.15, 0.2) is 47.4 Å². The molecule has 0 unspecified atom stereocenters. The molecule has 2 N–H and O–H groups in total. The molecule has 0 saturated carbocycles. The van der Waals surface area contributed by atoms with Crippen molar-refractivity contribution in [3.8, 4) is 11.5 Å². The second kappa shape index (κ2) is 9.76. The van der Waals surface area contributed by atoms with Gasteiger partial charge < -0.3 is 19.7 Å². The molecule has 0 spiro atoms. The molecule has 2 aliphatic rings. The van der Waals surface area contributed by atoms with E-state index in [0.29, 0.717) is 24.4 Å². The van der Waals surface area contributed by atoms with Gasteiger partial charge in [0.1, 0.15) is 11.5 Å². The quantitative estimate of drug-likeness (QED) is 0.576. The van der Waals surface area contributed by atoms with Crippen molar-refractivity contribution in [1.29, 1.82) is 0 Å². The first kappa shape index (κ1) is 22.4. The number of ether oxygens (including phenoxy) is 2. The standard InChI is InChI=1S/C22H28N4O5S/c1-30-18-5-3-17(4-6-18)26-13-11-25(12-14-26)10-2-9-23-32(28,29)19-7-8-21-20(15-19)24-22(27)16-31-21/h3-8,15,23H,2,9-14,16H2,1H3,(H,24,27). The molecule has 0 bridgehead atoms. The number of amides is 1. The summed E-state index contributed by atoms with van der Waals surface area (Å²) in [5, 5.41) is 2.63. The van der Waals surface area contributed by atoms with Gasteiger partial charge in [0.25, 0.3) is 5.91 Å². The van der Waals surface area contributed by atoms with Gasteiger partial charge in [0.05, 0.1) is 17.7 Å². The van der Waals surface area contributed by atoms with E-state index < -0.39 is 10.0 Å². The van der Waals surface area contributed by atoms with Crippen molar-refractivity contribution >= 4 is 27.3 Å². The average molecular weight is 461 g/mol. The van der Waals surface area contributed by atoms with E-state index in [4.69, 9.17) is 9.47 Å². The maximum absolute atomic E-state index is 12.6. The highest BCUT2D eigenvalue weighted by molar-refractivity contribution is 7.89. The highest BCUT2D eigenvalue weighted by Gasteiger charge is 2.21. The van der Waals surface area contributed by atoms with E-state index in [-0.39, 0.29) is 17.4 Å². The van der Waals surface area contributed by atoms with Crippen molar-refractivity contribution in [2.24, 2.45) is 0 Å². The van der Waals surface area contributed by atoms with Crippen LogP contribution in [-0.2, 0) is 14.8 Å². The van der Waals surface area contributed by atoms with Crippen LogP contribution in [0.25, 0.3) is 0 Å². The number of piperazine rings is 1. The van der Waals surface area contributed by atoms with Gasteiger partial charge in [-0.2, -0.15) is 0 Å². The van der Waals surface area contributed by atoms with E-state index in [1.807, 2.05) is 12.1 Å². The van der Waals surface area contributed by atoms with E-state index in [1.165, 1.54) is 17.8 Å². The monoisotopic (exact) mass is 460 g/mol. The molecule has 10 heteroatoms.